The van der Waals surface area contributed by atoms with Gasteiger partial charge in [0.1, 0.15) is 6.54 Å². The third-order valence-corrected chi connectivity index (χ3v) is 4.03. The van der Waals surface area contributed by atoms with Crippen molar-refractivity contribution in [3.63, 3.8) is 0 Å². The summed E-state index contributed by atoms with van der Waals surface area (Å²) >= 11 is 0. The van der Waals surface area contributed by atoms with E-state index in [1.807, 2.05) is 42.5 Å². The number of imide groups is 2. The maximum atomic E-state index is 12.4. The Morgan fingerprint density at radius 3 is 2.26 bits per heavy atom. The van der Waals surface area contributed by atoms with Crippen molar-refractivity contribution in [2.45, 2.75) is 0 Å². The lowest BCUT2D eigenvalue weighted by atomic mass is 10.0. The van der Waals surface area contributed by atoms with Gasteiger partial charge in [0, 0.05) is 17.8 Å². The number of hydrogen-bond acceptors (Lipinski definition) is 4. The molecule has 7 nitrogen and oxygen atoms in total. The molecule has 1 saturated heterocycles. The summed E-state index contributed by atoms with van der Waals surface area (Å²) in [4.78, 5) is 49.8. The average Bonchev–Trinajstić information content (AvgIpc) is 2.87. The quantitative estimate of drug-likeness (QED) is 0.485. The Balaban J connectivity index is 1.76. The van der Waals surface area contributed by atoms with Gasteiger partial charge in [-0.3, -0.25) is 19.3 Å². The van der Waals surface area contributed by atoms with Gasteiger partial charge < -0.3 is 5.32 Å². The minimum Gasteiger partial charge on any atom is -0.324 e. The van der Waals surface area contributed by atoms with E-state index in [9.17, 15) is 19.2 Å². The molecule has 1 aliphatic rings. The number of nitrogens with zero attached hydrogens (tertiary/aromatic N) is 2. The number of rotatable bonds is 6. The normalized spacial score (nSPS) is 13.9. The average molecular weight is 363 g/mol. The zero-order valence-corrected chi connectivity index (χ0v) is 14.4. The fourth-order valence-electron chi connectivity index (χ4n) is 2.77. The van der Waals surface area contributed by atoms with Gasteiger partial charge in [-0.25, -0.2) is 9.69 Å². The molecule has 7 heteroatoms. The summed E-state index contributed by atoms with van der Waals surface area (Å²) in [7, 11) is 0. The van der Waals surface area contributed by atoms with Crippen LogP contribution in [-0.4, -0.2) is 46.6 Å². The minimum absolute atomic E-state index is 0.0850. The molecule has 1 fully saturated rings. The van der Waals surface area contributed by atoms with Gasteiger partial charge in [0.05, 0.1) is 0 Å². The largest absolute Gasteiger partial charge is 0.335 e. The molecule has 2 aromatic carbocycles. The molecule has 5 amide bonds. The van der Waals surface area contributed by atoms with E-state index in [4.69, 9.17) is 0 Å². The molecule has 0 spiro atoms. The van der Waals surface area contributed by atoms with Crippen LogP contribution in [0.25, 0.3) is 11.1 Å². The molecule has 0 aliphatic carbocycles. The number of hydrogen-bond donors (Lipinski definition) is 1. The Morgan fingerprint density at radius 1 is 0.926 bits per heavy atom. The third kappa shape index (κ3) is 3.62. The smallest absolute Gasteiger partial charge is 0.324 e. The van der Waals surface area contributed by atoms with Crippen LogP contribution in [0, 0.1) is 0 Å². The molecule has 27 heavy (non-hydrogen) atoms. The van der Waals surface area contributed by atoms with Crippen molar-refractivity contribution in [2.75, 3.05) is 18.4 Å². The zero-order valence-electron chi connectivity index (χ0n) is 14.4. The molecule has 1 heterocycles. The molecule has 0 bridgehead atoms. The summed E-state index contributed by atoms with van der Waals surface area (Å²) in [6.45, 7) is 2.82. The summed E-state index contributed by atoms with van der Waals surface area (Å²) < 4.78 is 0. The highest BCUT2D eigenvalue weighted by Crippen LogP contribution is 2.27. The summed E-state index contributed by atoms with van der Waals surface area (Å²) in [5.41, 5.74) is 2.26. The topological polar surface area (TPSA) is 86.8 Å². The first kappa shape index (κ1) is 18.1. The number of para-hydroxylation sites is 1. The summed E-state index contributed by atoms with van der Waals surface area (Å²) in [6, 6.07) is 15.8. The van der Waals surface area contributed by atoms with Gasteiger partial charge >= 0.3 is 17.8 Å². The lowest BCUT2D eigenvalue weighted by molar-refractivity contribution is -0.143. The monoisotopic (exact) mass is 363 g/mol. The van der Waals surface area contributed by atoms with Crippen LogP contribution in [0.4, 0.5) is 10.5 Å². The van der Waals surface area contributed by atoms with Gasteiger partial charge in [0.2, 0.25) is 5.91 Å². The molecule has 0 aromatic heterocycles. The number of nitrogens with one attached hydrogen (secondary N) is 1. The van der Waals surface area contributed by atoms with Crippen molar-refractivity contribution >= 4 is 29.4 Å². The Kier molecular flexibility index (Phi) is 5.12. The maximum Gasteiger partial charge on any atom is 0.335 e. The molecule has 1 aliphatic heterocycles. The van der Waals surface area contributed by atoms with Crippen molar-refractivity contribution in [3.05, 3.63) is 67.3 Å². The highest BCUT2D eigenvalue weighted by atomic mass is 16.2. The fraction of sp³-hybridized carbons (Fsp3) is 0.100. The third-order valence-electron chi connectivity index (χ3n) is 4.03. The first-order valence-electron chi connectivity index (χ1n) is 8.25. The van der Waals surface area contributed by atoms with E-state index in [2.05, 4.69) is 11.9 Å². The predicted molar refractivity (Wildman–Crippen MR) is 99.5 cm³/mol. The maximum absolute atomic E-state index is 12.4. The number of anilines is 1. The van der Waals surface area contributed by atoms with Gasteiger partial charge in [-0.1, -0.05) is 54.6 Å². The van der Waals surface area contributed by atoms with Crippen LogP contribution in [0.1, 0.15) is 0 Å². The summed E-state index contributed by atoms with van der Waals surface area (Å²) in [6.07, 6.45) is 1.34. The van der Waals surface area contributed by atoms with E-state index < -0.39 is 30.3 Å². The Hall–Kier alpha value is -3.74. The molecule has 0 saturated carbocycles. The van der Waals surface area contributed by atoms with Crippen LogP contribution in [0.5, 0.6) is 0 Å². The van der Waals surface area contributed by atoms with Crippen molar-refractivity contribution < 1.29 is 19.2 Å². The van der Waals surface area contributed by atoms with E-state index >= 15 is 0 Å². The number of amides is 5. The molecule has 1 N–H and O–H groups in total. The Bertz CT molecular complexity index is 924. The molecule has 136 valence electrons. The van der Waals surface area contributed by atoms with Gasteiger partial charge in [0.15, 0.2) is 0 Å². The van der Waals surface area contributed by atoms with Crippen LogP contribution in [0.2, 0.25) is 0 Å². The van der Waals surface area contributed by atoms with Crippen LogP contribution >= 0.6 is 0 Å². The van der Waals surface area contributed by atoms with Crippen LogP contribution in [0.15, 0.2) is 67.3 Å². The van der Waals surface area contributed by atoms with Crippen LogP contribution in [0.3, 0.4) is 0 Å². The van der Waals surface area contributed by atoms with E-state index in [-0.39, 0.29) is 6.54 Å². The van der Waals surface area contributed by atoms with Gasteiger partial charge in [-0.2, -0.15) is 0 Å². The zero-order chi connectivity index (χ0) is 19.4. The van der Waals surface area contributed by atoms with Crippen molar-refractivity contribution in [1.82, 2.24) is 9.80 Å². The van der Waals surface area contributed by atoms with Crippen molar-refractivity contribution in [3.8, 4) is 11.1 Å². The second-order valence-corrected chi connectivity index (χ2v) is 5.84. The Labute approximate surface area is 155 Å². The minimum atomic E-state index is -1.02. The molecule has 2 aromatic rings. The van der Waals surface area contributed by atoms with Crippen molar-refractivity contribution in [2.24, 2.45) is 0 Å². The van der Waals surface area contributed by atoms with Gasteiger partial charge in [-0.05, 0) is 11.6 Å². The van der Waals surface area contributed by atoms with E-state index in [0.29, 0.717) is 10.6 Å². The first-order valence-corrected chi connectivity index (χ1v) is 8.25. The molecular formula is C20H17N3O4. The lowest BCUT2D eigenvalue weighted by Crippen LogP contribution is -2.39. The highest BCUT2D eigenvalue weighted by molar-refractivity contribution is 6.45. The number of carbonyl (C=O) groups is 4. The Morgan fingerprint density at radius 2 is 1.56 bits per heavy atom. The summed E-state index contributed by atoms with van der Waals surface area (Å²) in [5, 5.41) is 2.70. The lowest BCUT2D eigenvalue weighted by Gasteiger charge is -2.15. The number of urea groups is 1. The van der Waals surface area contributed by atoms with E-state index in [1.54, 1.807) is 12.1 Å². The standard InChI is InChI=1S/C20H17N3O4/c1-2-12-22-18(25)19(26)23(20(22)27)13-17(24)21-16-11-7-6-10-15(16)14-8-4-3-5-9-14/h2-11H,1,12-13H2,(H,21,24). The van der Waals surface area contributed by atoms with Crippen LogP contribution < -0.4 is 5.32 Å². The molecule has 3 rings (SSSR count). The second-order valence-electron chi connectivity index (χ2n) is 5.84. The number of carbonyl (C=O) groups excluding carboxylic acids is 4. The van der Waals surface area contributed by atoms with Crippen LogP contribution in [-0.2, 0) is 14.4 Å². The SMILES string of the molecule is C=CCN1C(=O)C(=O)N(CC(=O)Nc2ccccc2-c2ccccc2)C1=O. The fourth-order valence-corrected chi connectivity index (χ4v) is 2.77. The predicted octanol–water partition coefficient (Wildman–Crippen LogP) is 2.27. The second kappa shape index (κ2) is 7.65. The van der Waals surface area contributed by atoms with E-state index in [0.717, 1.165) is 16.0 Å². The highest BCUT2D eigenvalue weighted by Gasteiger charge is 2.44. The molecular weight excluding hydrogens is 346 g/mol. The van der Waals surface area contributed by atoms with Crippen molar-refractivity contribution in [1.29, 1.82) is 0 Å². The molecule has 0 atom stereocenters. The summed E-state index contributed by atoms with van der Waals surface area (Å²) in [5.74, 6) is -2.56. The first-order chi connectivity index (χ1) is 13.0. The van der Waals surface area contributed by atoms with E-state index in [1.165, 1.54) is 6.08 Å². The number of benzene rings is 2. The van der Waals surface area contributed by atoms with Gasteiger partial charge in [-0.15, -0.1) is 6.58 Å². The molecule has 0 unspecified atom stereocenters. The van der Waals surface area contributed by atoms with Gasteiger partial charge in [0.25, 0.3) is 0 Å². The molecule has 0 radical (unpaired) electrons.